The molecule has 6 nitrogen and oxygen atoms in total. The number of allylic oxidation sites excluding steroid dienone is 1. The van der Waals surface area contributed by atoms with Crippen molar-refractivity contribution >= 4 is 57.3 Å². The van der Waals surface area contributed by atoms with E-state index in [-0.39, 0.29) is 48.8 Å². The van der Waals surface area contributed by atoms with Gasteiger partial charge in [0.1, 0.15) is 5.83 Å². The second kappa shape index (κ2) is 10.8. The number of aromatic nitrogens is 2. The Morgan fingerprint density at radius 2 is 1.94 bits per heavy atom. The number of pyridine rings is 1. The smallest absolute Gasteiger partial charge is 0.260 e. The molecule has 11 heteroatoms. The Bertz CT molecular complexity index is 1210. The average Bonchev–Trinajstić information content (AvgIpc) is 2.92. The van der Waals surface area contributed by atoms with E-state index in [0.717, 1.165) is 20.9 Å². The van der Waals surface area contributed by atoms with E-state index in [4.69, 9.17) is 17.3 Å². The molecule has 3 rings (SSSR count). The van der Waals surface area contributed by atoms with Gasteiger partial charge in [0.2, 0.25) is 0 Å². The van der Waals surface area contributed by atoms with E-state index in [1.807, 2.05) is 13.0 Å². The minimum Gasteiger partial charge on any atom is -0.337 e. The maximum Gasteiger partial charge on any atom is 0.260 e. The largest absolute Gasteiger partial charge is 0.337 e. The first-order chi connectivity index (χ1) is 13.7. The van der Waals surface area contributed by atoms with Crippen LogP contribution in [0.4, 0.5) is 4.39 Å². The highest BCUT2D eigenvalue weighted by atomic mass is 35.5. The standard InChI is InChI=1S/C20H22ClFN4O2S.2ClH/c1-13-20(17-5-4-6-19(24-17)29(27,28)25(2)3)16-11-14(21)7-8-18(16)26(13)12-15(22)9-10-23;;/h4-9,11H,10,12,23H2,1-3H3;2*1H. The van der Waals surface area contributed by atoms with Crippen LogP contribution in [0.5, 0.6) is 0 Å². The first kappa shape index (κ1) is 27.4. The van der Waals surface area contributed by atoms with E-state index in [0.29, 0.717) is 16.3 Å². The van der Waals surface area contributed by atoms with Crippen LogP contribution in [0.1, 0.15) is 5.69 Å². The zero-order valence-electron chi connectivity index (χ0n) is 17.2. The molecule has 2 N–H and O–H groups in total. The number of fused-ring (bicyclic) bond motifs is 1. The fourth-order valence-electron chi connectivity index (χ4n) is 3.21. The van der Waals surface area contributed by atoms with E-state index in [1.54, 1.807) is 28.8 Å². The summed E-state index contributed by atoms with van der Waals surface area (Å²) in [6, 6.07) is 10.1. The van der Waals surface area contributed by atoms with Gasteiger partial charge in [-0.25, -0.2) is 22.1 Å². The third-order valence-corrected chi connectivity index (χ3v) is 6.61. The predicted molar refractivity (Wildman–Crippen MR) is 129 cm³/mol. The molecule has 0 saturated heterocycles. The van der Waals surface area contributed by atoms with Crippen LogP contribution in [0.25, 0.3) is 22.2 Å². The van der Waals surface area contributed by atoms with Crippen LogP contribution in [0.2, 0.25) is 5.02 Å². The van der Waals surface area contributed by atoms with Crippen LogP contribution < -0.4 is 5.73 Å². The van der Waals surface area contributed by atoms with Crippen molar-refractivity contribution in [2.24, 2.45) is 5.73 Å². The van der Waals surface area contributed by atoms with Crippen LogP contribution in [-0.4, -0.2) is 42.9 Å². The van der Waals surface area contributed by atoms with Crippen LogP contribution in [-0.2, 0) is 16.6 Å². The van der Waals surface area contributed by atoms with Crippen molar-refractivity contribution in [1.82, 2.24) is 13.9 Å². The molecule has 0 amide bonds. The normalized spacial score (nSPS) is 12.0. The maximum absolute atomic E-state index is 14.2. The van der Waals surface area contributed by atoms with Crippen LogP contribution in [0, 0.1) is 6.92 Å². The van der Waals surface area contributed by atoms with Gasteiger partial charge in [-0.05, 0) is 43.3 Å². The van der Waals surface area contributed by atoms with Crippen LogP contribution >= 0.6 is 36.4 Å². The van der Waals surface area contributed by atoms with Gasteiger partial charge in [0, 0.05) is 47.8 Å². The fourth-order valence-corrected chi connectivity index (χ4v) is 4.22. The fraction of sp³-hybridized carbons (Fsp3) is 0.250. The summed E-state index contributed by atoms with van der Waals surface area (Å²) in [4.78, 5) is 4.39. The number of nitrogens with zero attached hydrogens (tertiary/aromatic N) is 3. The molecule has 2 heterocycles. The Balaban J connectivity index is 0.00000240. The molecule has 0 aliphatic rings. The number of halogens is 4. The molecule has 3 aromatic rings. The quantitative estimate of drug-likeness (QED) is 0.528. The lowest BCUT2D eigenvalue weighted by Crippen LogP contribution is -2.23. The van der Waals surface area contributed by atoms with Gasteiger partial charge in [-0.2, -0.15) is 0 Å². The molecule has 170 valence electrons. The van der Waals surface area contributed by atoms with Gasteiger partial charge in [0.25, 0.3) is 10.0 Å². The van der Waals surface area contributed by atoms with E-state index in [1.165, 1.54) is 26.2 Å². The molecule has 0 aliphatic carbocycles. The zero-order chi connectivity index (χ0) is 21.3. The van der Waals surface area contributed by atoms with Gasteiger partial charge in [-0.1, -0.05) is 17.7 Å². The summed E-state index contributed by atoms with van der Waals surface area (Å²) < 4.78 is 42.2. The summed E-state index contributed by atoms with van der Waals surface area (Å²) in [7, 11) is -0.792. The summed E-state index contributed by atoms with van der Waals surface area (Å²) in [5, 5.41) is 1.23. The van der Waals surface area contributed by atoms with Crippen molar-refractivity contribution in [2.45, 2.75) is 18.5 Å². The summed E-state index contributed by atoms with van der Waals surface area (Å²) in [5.74, 6) is -0.356. The van der Waals surface area contributed by atoms with Crippen molar-refractivity contribution in [2.75, 3.05) is 20.6 Å². The van der Waals surface area contributed by atoms with Crippen molar-refractivity contribution in [1.29, 1.82) is 0 Å². The topological polar surface area (TPSA) is 81.2 Å². The minimum absolute atomic E-state index is 0. The lowest BCUT2D eigenvalue weighted by Gasteiger charge is -2.12. The molecule has 31 heavy (non-hydrogen) atoms. The molecule has 0 fully saturated rings. The molecule has 0 spiro atoms. The SMILES string of the molecule is Cc1c(-c2cccc(S(=O)(=O)N(C)C)n2)c2cc(Cl)ccc2n1CC(F)=CCN.Cl.Cl. The Morgan fingerprint density at radius 1 is 1.26 bits per heavy atom. The Hall–Kier alpha value is -1.68. The van der Waals surface area contributed by atoms with Gasteiger partial charge in [-0.15, -0.1) is 24.8 Å². The van der Waals surface area contributed by atoms with E-state index in [9.17, 15) is 12.8 Å². The van der Waals surface area contributed by atoms with Gasteiger partial charge in [-0.3, -0.25) is 0 Å². The molecule has 0 atom stereocenters. The van der Waals surface area contributed by atoms with E-state index >= 15 is 0 Å². The summed E-state index contributed by atoms with van der Waals surface area (Å²) in [6.07, 6.45) is 1.32. The summed E-state index contributed by atoms with van der Waals surface area (Å²) in [6.45, 7) is 1.96. The van der Waals surface area contributed by atoms with E-state index < -0.39 is 10.0 Å². The molecular weight excluding hydrogens is 486 g/mol. The second-order valence-corrected chi connectivity index (χ2v) is 9.28. The Kier molecular flexibility index (Phi) is 9.50. The minimum atomic E-state index is -3.69. The number of benzene rings is 1. The van der Waals surface area contributed by atoms with Crippen molar-refractivity contribution in [3.8, 4) is 11.3 Å². The highest BCUT2D eigenvalue weighted by Crippen LogP contribution is 2.36. The lowest BCUT2D eigenvalue weighted by atomic mass is 10.1. The Morgan fingerprint density at radius 3 is 2.55 bits per heavy atom. The van der Waals surface area contributed by atoms with Crippen LogP contribution in [0.15, 0.2) is 53.3 Å². The third kappa shape index (κ3) is 5.39. The zero-order valence-corrected chi connectivity index (χ0v) is 20.4. The summed E-state index contributed by atoms with van der Waals surface area (Å²) >= 11 is 6.21. The van der Waals surface area contributed by atoms with Crippen molar-refractivity contribution < 1.29 is 12.8 Å². The number of hydrogen-bond donors (Lipinski definition) is 1. The molecule has 2 aromatic heterocycles. The molecular formula is C20H24Cl3FN4O2S. The maximum atomic E-state index is 14.2. The molecule has 0 saturated carbocycles. The highest BCUT2D eigenvalue weighted by Gasteiger charge is 2.22. The number of nitrogens with two attached hydrogens (primary N) is 1. The van der Waals surface area contributed by atoms with Crippen molar-refractivity contribution in [3.05, 3.63) is 59.0 Å². The summed E-state index contributed by atoms with van der Waals surface area (Å²) in [5.41, 5.74) is 8.11. The highest BCUT2D eigenvalue weighted by molar-refractivity contribution is 7.89. The van der Waals surface area contributed by atoms with Gasteiger partial charge >= 0.3 is 0 Å². The molecule has 0 unspecified atom stereocenters. The van der Waals surface area contributed by atoms with Gasteiger partial charge in [0.05, 0.1) is 12.2 Å². The first-order valence-electron chi connectivity index (χ1n) is 8.89. The number of hydrogen-bond acceptors (Lipinski definition) is 4. The van der Waals surface area contributed by atoms with Crippen molar-refractivity contribution in [3.63, 3.8) is 0 Å². The predicted octanol–water partition coefficient (Wildman–Crippen LogP) is 4.57. The molecule has 0 bridgehead atoms. The van der Waals surface area contributed by atoms with Crippen LogP contribution in [0.3, 0.4) is 0 Å². The van der Waals surface area contributed by atoms with Gasteiger partial charge in [0.15, 0.2) is 5.03 Å². The number of rotatable bonds is 6. The lowest BCUT2D eigenvalue weighted by molar-refractivity contribution is 0.517. The molecule has 0 aliphatic heterocycles. The Labute approximate surface area is 198 Å². The average molecular weight is 510 g/mol. The molecule has 1 aromatic carbocycles. The second-order valence-electron chi connectivity index (χ2n) is 6.74. The first-order valence-corrected chi connectivity index (χ1v) is 10.7. The van der Waals surface area contributed by atoms with E-state index in [2.05, 4.69) is 4.98 Å². The van der Waals surface area contributed by atoms with Gasteiger partial charge < -0.3 is 10.3 Å². The third-order valence-electron chi connectivity index (χ3n) is 4.66. The monoisotopic (exact) mass is 508 g/mol. The molecule has 0 radical (unpaired) electrons. The number of sulfonamides is 1.